The van der Waals surface area contributed by atoms with Gasteiger partial charge in [0.25, 0.3) is 0 Å². The first-order valence-electron chi connectivity index (χ1n) is 13.3. The number of carbonyl (C=O) groups excluding carboxylic acids is 1. The number of carbonyl (C=O) groups is 1. The van der Waals surface area contributed by atoms with Crippen molar-refractivity contribution in [2.75, 3.05) is 42.3 Å². The smallest absolute Gasteiger partial charge is 0.231 e. The van der Waals surface area contributed by atoms with Crippen LogP contribution in [0.4, 0.5) is 29.1 Å². The van der Waals surface area contributed by atoms with Gasteiger partial charge in [0.15, 0.2) is 21.3 Å². The molecule has 13 heteroatoms. The van der Waals surface area contributed by atoms with E-state index in [0.29, 0.717) is 34.7 Å². The Morgan fingerprint density at radius 1 is 0.977 bits per heavy atom. The van der Waals surface area contributed by atoms with Crippen molar-refractivity contribution in [3.8, 4) is 11.5 Å². The fraction of sp³-hybridized carbons (Fsp3) is 0.200. The van der Waals surface area contributed by atoms with Crippen molar-refractivity contribution < 1.29 is 22.7 Å². The van der Waals surface area contributed by atoms with Crippen LogP contribution in [0.3, 0.4) is 0 Å². The Hall–Kier alpha value is -5.17. The van der Waals surface area contributed by atoms with E-state index in [4.69, 9.17) is 19.4 Å². The molecule has 5 aromatic rings. The summed E-state index contributed by atoms with van der Waals surface area (Å²) in [5.41, 5.74) is 3.85. The van der Waals surface area contributed by atoms with Crippen molar-refractivity contribution in [1.29, 1.82) is 0 Å². The molecule has 1 aliphatic rings. The molecule has 0 fully saturated rings. The van der Waals surface area contributed by atoms with Gasteiger partial charge in [0.2, 0.25) is 24.6 Å². The van der Waals surface area contributed by atoms with Gasteiger partial charge < -0.3 is 23.8 Å². The van der Waals surface area contributed by atoms with Crippen LogP contribution in [-0.4, -0.2) is 61.0 Å². The van der Waals surface area contributed by atoms with E-state index in [1.54, 1.807) is 47.5 Å². The lowest BCUT2D eigenvalue weighted by atomic mass is 10.1. The molecule has 3 aromatic carbocycles. The molecule has 1 aliphatic heterocycles. The molecular formula is C30H29N7O5S. The zero-order valence-corrected chi connectivity index (χ0v) is 24.8. The van der Waals surface area contributed by atoms with Crippen molar-refractivity contribution in [1.82, 2.24) is 19.5 Å². The van der Waals surface area contributed by atoms with Crippen LogP contribution in [0.2, 0.25) is 0 Å². The zero-order chi connectivity index (χ0) is 30.3. The number of benzene rings is 3. The average molecular weight is 600 g/mol. The predicted octanol–water partition coefficient (Wildman–Crippen LogP) is 4.21. The minimum absolute atomic E-state index is 0.154. The maximum absolute atomic E-state index is 12.9. The van der Waals surface area contributed by atoms with Gasteiger partial charge in [-0.25, -0.2) is 18.4 Å². The molecule has 12 nitrogen and oxygen atoms in total. The number of hydrogen-bond donors (Lipinski definition) is 1. The number of aryl methyl sites for hydroxylation is 1. The van der Waals surface area contributed by atoms with Crippen LogP contribution in [0.15, 0.2) is 77.8 Å². The molecule has 0 saturated heterocycles. The number of nitrogens with one attached hydrogen (secondary N) is 1. The first-order chi connectivity index (χ1) is 20.6. The highest BCUT2D eigenvalue weighted by Crippen LogP contribution is 2.34. The third-order valence-corrected chi connectivity index (χ3v) is 8.36. The topological polar surface area (TPSA) is 132 Å². The third-order valence-electron chi connectivity index (χ3n) is 7.23. The van der Waals surface area contributed by atoms with Crippen LogP contribution in [0, 0.1) is 0 Å². The largest absolute Gasteiger partial charge is 0.454 e. The minimum Gasteiger partial charge on any atom is -0.454 e. The lowest BCUT2D eigenvalue weighted by Gasteiger charge is -2.22. The maximum Gasteiger partial charge on any atom is 0.231 e. The number of ether oxygens (including phenoxy) is 2. The van der Waals surface area contributed by atoms with Gasteiger partial charge in [0.05, 0.1) is 22.5 Å². The molecule has 1 N–H and O–H groups in total. The van der Waals surface area contributed by atoms with Crippen molar-refractivity contribution in [2.24, 2.45) is 7.05 Å². The summed E-state index contributed by atoms with van der Waals surface area (Å²) in [5.74, 6) is 2.56. The Labute approximate surface area is 248 Å². The van der Waals surface area contributed by atoms with E-state index in [1.807, 2.05) is 60.9 Å². The van der Waals surface area contributed by atoms with Crippen molar-refractivity contribution >= 4 is 55.9 Å². The molecule has 0 unspecified atom stereocenters. The number of imidazole rings is 1. The summed E-state index contributed by atoms with van der Waals surface area (Å²) in [4.78, 5) is 30.8. The number of amides is 1. The Bertz CT molecular complexity index is 1960. The molecule has 0 atom stereocenters. The molecule has 0 bridgehead atoms. The highest BCUT2D eigenvalue weighted by atomic mass is 32.2. The second kappa shape index (κ2) is 10.9. The lowest BCUT2D eigenvalue weighted by molar-refractivity contribution is -0.115. The van der Waals surface area contributed by atoms with Gasteiger partial charge in [0.1, 0.15) is 11.3 Å². The third kappa shape index (κ3) is 5.54. The Morgan fingerprint density at radius 3 is 2.51 bits per heavy atom. The normalized spacial score (nSPS) is 12.4. The highest BCUT2D eigenvalue weighted by molar-refractivity contribution is 7.90. The Kier molecular flexibility index (Phi) is 7.10. The molecule has 220 valence electrons. The SMILES string of the molecule is CN(c1ccc(S(C)(=O)=O)cc1)c1nccc(N(C)c2cccc3c2nc(NC(=O)Cc2ccc4c(c2)OCO4)n3C)n1. The second-order valence-electron chi connectivity index (χ2n) is 10.2. The lowest BCUT2D eigenvalue weighted by Crippen LogP contribution is -2.17. The van der Waals surface area contributed by atoms with E-state index in [9.17, 15) is 13.2 Å². The van der Waals surface area contributed by atoms with Crippen LogP contribution >= 0.6 is 0 Å². The van der Waals surface area contributed by atoms with Gasteiger partial charge in [-0.15, -0.1) is 0 Å². The van der Waals surface area contributed by atoms with E-state index >= 15 is 0 Å². The zero-order valence-electron chi connectivity index (χ0n) is 24.0. The summed E-state index contributed by atoms with van der Waals surface area (Å²) in [6, 6.07) is 19.6. The van der Waals surface area contributed by atoms with Crippen molar-refractivity contribution in [3.63, 3.8) is 0 Å². The summed E-state index contributed by atoms with van der Waals surface area (Å²) < 4.78 is 36.3. The quantitative estimate of drug-likeness (QED) is 0.277. The summed E-state index contributed by atoms with van der Waals surface area (Å²) in [6.45, 7) is 0.176. The first-order valence-corrected chi connectivity index (χ1v) is 15.2. The van der Waals surface area contributed by atoms with Crippen LogP contribution in [0.5, 0.6) is 11.5 Å². The van der Waals surface area contributed by atoms with Crippen molar-refractivity contribution in [2.45, 2.75) is 11.3 Å². The van der Waals surface area contributed by atoms with Crippen LogP contribution in [0.25, 0.3) is 11.0 Å². The van der Waals surface area contributed by atoms with Gasteiger partial charge in [0, 0.05) is 39.3 Å². The van der Waals surface area contributed by atoms with Gasteiger partial charge >= 0.3 is 0 Å². The maximum atomic E-state index is 12.9. The number of para-hydroxylation sites is 1. The number of nitrogens with zero attached hydrogens (tertiary/aromatic N) is 6. The number of anilines is 5. The Balaban J connectivity index is 1.23. The molecule has 3 heterocycles. The van der Waals surface area contributed by atoms with Gasteiger partial charge in [-0.2, -0.15) is 4.98 Å². The van der Waals surface area contributed by atoms with E-state index in [2.05, 4.69) is 10.3 Å². The molecule has 43 heavy (non-hydrogen) atoms. The van der Waals surface area contributed by atoms with E-state index in [1.165, 1.54) is 6.26 Å². The Morgan fingerprint density at radius 2 is 1.74 bits per heavy atom. The van der Waals surface area contributed by atoms with Crippen molar-refractivity contribution in [3.05, 3.63) is 78.5 Å². The van der Waals surface area contributed by atoms with Gasteiger partial charge in [-0.1, -0.05) is 12.1 Å². The fourth-order valence-electron chi connectivity index (χ4n) is 4.83. The number of fused-ring (bicyclic) bond motifs is 2. The van der Waals surface area contributed by atoms with E-state index < -0.39 is 9.84 Å². The molecular weight excluding hydrogens is 570 g/mol. The molecule has 0 saturated carbocycles. The molecule has 0 spiro atoms. The number of sulfone groups is 1. The summed E-state index contributed by atoms with van der Waals surface area (Å²) >= 11 is 0. The van der Waals surface area contributed by atoms with E-state index in [0.717, 1.165) is 22.5 Å². The second-order valence-corrected chi connectivity index (χ2v) is 12.2. The standard InChI is InChI=1S/C30H29N7O5S/c1-35(20-9-11-21(12-10-20)43(4,39)40)29-31-15-14-26(32-29)36(2)22-6-5-7-23-28(22)34-30(37(23)3)33-27(38)17-19-8-13-24-25(16-19)42-18-41-24/h5-16H,17-18H2,1-4H3,(H,33,34,38). The van der Waals surface area contributed by atoms with Gasteiger partial charge in [-0.05, 0) is 60.2 Å². The molecule has 6 rings (SSSR count). The summed E-state index contributed by atoms with van der Waals surface area (Å²) in [5, 5.41) is 2.93. The number of rotatable bonds is 8. The highest BCUT2D eigenvalue weighted by Gasteiger charge is 2.19. The number of aromatic nitrogens is 4. The molecule has 0 aliphatic carbocycles. The first kappa shape index (κ1) is 28.0. The monoisotopic (exact) mass is 599 g/mol. The molecule has 2 aromatic heterocycles. The van der Waals surface area contributed by atoms with Gasteiger partial charge in [-0.3, -0.25) is 10.1 Å². The van der Waals surface area contributed by atoms with E-state index in [-0.39, 0.29) is 24.0 Å². The molecule has 0 radical (unpaired) electrons. The predicted molar refractivity (Wildman–Crippen MR) is 163 cm³/mol. The van der Waals surface area contributed by atoms with Crippen LogP contribution in [-0.2, 0) is 28.1 Å². The van der Waals surface area contributed by atoms with Crippen LogP contribution in [0.1, 0.15) is 5.56 Å². The van der Waals surface area contributed by atoms with Crippen LogP contribution < -0.4 is 24.6 Å². The average Bonchev–Trinajstić information content (AvgIpc) is 3.59. The number of hydrogen-bond acceptors (Lipinski definition) is 10. The fourth-order valence-corrected chi connectivity index (χ4v) is 5.46. The summed E-state index contributed by atoms with van der Waals surface area (Å²) in [7, 11) is 2.25. The summed E-state index contributed by atoms with van der Waals surface area (Å²) in [6.07, 6.45) is 2.99. The molecule has 1 amide bonds. The minimum atomic E-state index is -3.30.